The molecule has 0 aromatic carbocycles. The molecule has 2 saturated heterocycles. The Bertz CT molecular complexity index is 260. The van der Waals surface area contributed by atoms with Crippen LogP contribution in [0.5, 0.6) is 0 Å². The van der Waals surface area contributed by atoms with Crippen molar-refractivity contribution < 1.29 is 4.79 Å². The molecule has 3 nitrogen and oxygen atoms in total. The number of hydrogen-bond acceptors (Lipinski definition) is 2. The summed E-state index contributed by atoms with van der Waals surface area (Å²) in [7, 11) is 0. The number of amides is 1. The quantitative estimate of drug-likeness (QED) is 0.701. The summed E-state index contributed by atoms with van der Waals surface area (Å²) in [4.78, 5) is 14.4. The van der Waals surface area contributed by atoms with Crippen LogP contribution in [0.15, 0.2) is 0 Å². The minimum absolute atomic E-state index is 0.137. The average molecular weight is 208 g/mol. The molecular weight excluding hydrogens is 188 g/mol. The van der Waals surface area contributed by atoms with Crippen LogP contribution in [0, 0.1) is 5.92 Å². The van der Waals surface area contributed by atoms with Gasteiger partial charge in [0.2, 0.25) is 5.91 Å². The monoisotopic (exact) mass is 208 g/mol. The number of likely N-dealkylation sites (tertiary alicyclic amines) is 1. The van der Waals surface area contributed by atoms with E-state index >= 15 is 0 Å². The highest BCUT2D eigenvalue weighted by atomic mass is 16.2. The molecule has 1 aliphatic carbocycles. The molecule has 2 heterocycles. The van der Waals surface area contributed by atoms with Crippen molar-refractivity contribution in [1.82, 2.24) is 10.2 Å². The SMILES string of the molecule is O=C([C@H]1CCCCN1)N1CC2CCC1C2. The van der Waals surface area contributed by atoms with E-state index in [9.17, 15) is 4.79 Å². The zero-order chi connectivity index (χ0) is 10.3. The van der Waals surface area contributed by atoms with Gasteiger partial charge < -0.3 is 10.2 Å². The molecule has 15 heavy (non-hydrogen) atoms. The molecule has 0 aromatic rings. The summed E-state index contributed by atoms with van der Waals surface area (Å²) in [5.74, 6) is 1.21. The maximum atomic E-state index is 12.3. The van der Waals surface area contributed by atoms with Gasteiger partial charge in [0.1, 0.15) is 0 Å². The van der Waals surface area contributed by atoms with Crippen LogP contribution >= 0.6 is 0 Å². The molecule has 3 rings (SSSR count). The third-order valence-corrected chi connectivity index (χ3v) is 4.30. The van der Waals surface area contributed by atoms with Gasteiger partial charge in [-0.25, -0.2) is 0 Å². The van der Waals surface area contributed by atoms with Gasteiger partial charge in [-0.1, -0.05) is 6.42 Å². The lowest BCUT2D eigenvalue weighted by molar-refractivity contribution is -0.135. The Morgan fingerprint density at radius 2 is 2.13 bits per heavy atom. The lowest BCUT2D eigenvalue weighted by Gasteiger charge is -2.32. The molecule has 2 bridgehead atoms. The Balaban J connectivity index is 1.64. The standard InChI is InChI=1S/C12H20N2O/c15-12(11-3-1-2-6-13-11)14-8-9-4-5-10(14)7-9/h9-11,13H,1-8H2/t9?,10?,11-/m1/s1. The van der Waals surface area contributed by atoms with Gasteiger partial charge in [0.05, 0.1) is 6.04 Å². The fraction of sp³-hybridized carbons (Fsp3) is 0.917. The minimum atomic E-state index is 0.137. The second kappa shape index (κ2) is 3.78. The predicted molar refractivity (Wildman–Crippen MR) is 58.5 cm³/mol. The van der Waals surface area contributed by atoms with Gasteiger partial charge in [-0.15, -0.1) is 0 Å². The van der Waals surface area contributed by atoms with Crippen LogP contribution in [-0.4, -0.2) is 36.0 Å². The number of carbonyl (C=O) groups excluding carboxylic acids is 1. The molecule has 2 aliphatic heterocycles. The number of fused-ring (bicyclic) bond motifs is 2. The summed E-state index contributed by atoms with van der Waals surface area (Å²) < 4.78 is 0. The molecule has 0 radical (unpaired) electrons. The molecule has 3 fully saturated rings. The van der Waals surface area contributed by atoms with E-state index in [1.807, 2.05) is 0 Å². The summed E-state index contributed by atoms with van der Waals surface area (Å²) in [6, 6.07) is 0.726. The van der Waals surface area contributed by atoms with Gasteiger partial charge >= 0.3 is 0 Å². The predicted octanol–water partition coefficient (Wildman–Crippen LogP) is 1.14. The second-order valence-corrected chi connectivity index (χ2v) is 5.33. The van der Waals surface area contributed by atoms with Crippen LogP contribution in [0.4, 0.5) is 0 Å². The third kappa shape index (κ3) is 1.67. The molecule has 3 aliphatic rings. The number of nitrogens with one attached hydrogen (secondary N) is 1. The summed E-state index contributed by atoms with van der Waals surface area (Å²) in [6.45, 7) is 2.07. The van der Waals surface area contributed by atoms with E-state index in [0.717, 1.165) is 25.4 Å². The van der Waals surface area contributed by atoms with Crippen molar-refractivity contribution in [3.63, 3.8) is 0 Å². The molecule has 2 unspecified atom stereocenters. The normalized spacial score (nSPS) is 39.7. The van der Waals surface area contributed by atoms with Gasteiger partial charge in [0.15, 0.2) is 0 Å². The third-order valence-electron chi connectivity index (χ3n) is 4.30. The van der Waals surface area contributed by atoms with Crippen molar-refractivity contribution in [2.45, 2.75) is 50.6 Å². The van der Waals surface area contributed by atoms with Gasteiger partial charge in [0, 0.05) is 12.6 Å². The number of piperidine rings is 2. The molecule has 3 atom stereocenters. The molecular formula is C12H20N2O. The molecule has 1 N–H and O–H groups in total. The van der Waals surface area contributed by atoms with Crippen LogP contribution in [0.25, 0.3) is 0 Å². The van der Waals surface area contributed by atoms with Crippen LogP contribution < -0.4 is 5.32 Å². The number of carbonyl (C=O) groups is 1. The van der Waals surface area contributed by atoms with E-state index in [0.29, 0.717) is 11.9 Å². The zero-order valence-corrected chi connectivity index (χ0v) is 9.24. The van der Waals surface area contributed by atoms with Crippen LogP contribution in [0.3, 0.4) is 0 Å². The first-order valence-electron chi connectivity index (χ1n) is 6.38. The summed E-state index contributed by atoms with van der Waals surface area (Å²) in [5.41, 5.74) is 0. The van der Waals surface area contributed by atoms with Gasteiger partial charge in [-0.05, 0) is 44.6 Å². The minimum Gasteiger partial charge on any atom is -0.338 e. The first kappa shape index (κ1) is 9.64. The van der Waals surface area contributed by atoms with Gasteiger partial charge in [-0.2, -0.15) is 0 Å². The molecule has 1 saturated carbocycles. The van der Waals surface area contributed by atoms with Crippen LogP contribution in [0.2, 0.25) is 0 Å². The number of rotatable bonds is 1. The Hall–Kier alpha value is -0.570. The lowest BCUT2D eigenvalue weighted by atomic mass is 10.0. The molecule has 0 spiro atoms. The average Bonchev–Trinajstić information content (AvgIpc) is 2.91. The Labute approximate surface area is 91.2 Å². The molecule has 3 heteroatoms. The number of nitrogens with zero attached hydrogens (tertiary/aromatic N) is 1. The van der Waals surface area contributed by atoms with Crippen molar-refractivity contribution in [2.75, 3.05) is 13.1 Å². The van der Waals surface area contributed by atoms with E-state index in [1.54, 1.807) is 0 Å². The fourth-order valence-corrected chi connectivity index (χ4v) is 3.46. The topological polar surface area (TPSA) is 32.3 Å². The number of hydrogen-bond donors (Lipinski definition) is 1. The summed E-state index contributed by atoms with van der Waals surface area (Å²) in [6.07, 6.45) is 7.38. The first-order chi connectivity index (χ1) is 7.34. The highest BCUT2D eigenvalue weighted by molar-refractivity contribution is 5.82. The van der Waals surface area contributed by atoms with E-state index < -0.39 is 0 Å². The van der Waals surface area contributed by atoms with E-state index in [1.165, 1.54) is 32.1 Å². The van der Waals surface area contributed by atoms with Crippen molar-refractivity contribution >= 4 is 5.91 Å². The van der Waals surface area contributed by atoms with Crippen molar-refractivity contribution in [1.29, 1.82) is 0 Å². The maximum Gasteiger partial charge on any atom is 0.239 e. The van der Waals surface area contributed by atoms with E-state index in [2.05, 4.69) is 10.2 Å². The van der Waals surface area contributed by atoms with Crippen LogP contribution in [-0.2, 0) is 4.79 Å². The fourth-order valence-electron chi connectivity index (χ4n) is 3.46. The van der Waals surface area contributed by atoms with E-state index in [-0.39, 0.29) is 6.04 Å². The Morgan fingerprint density at radius 3 is 2.73 bits per heavy atom. The Morgan fingerprint density at radius 1 is 1.20 bits per heavy atom. The van der Waals surface area contributed by atoms with Crippen molar-refractivity contribution in [2.24, 2.45) is 5.92 Å². The Kier molecular flexibility index (Phi) is 2.43. The highest BCUT2D eigenvalue weighted by Gasteiger charge is 2.41. The van der Waals surface area contributed by atoms with E-state index in [4.69, 9.17) is 0 Å². The smallest absolute Gasteiger partial charge is 0.239 e. The summed E-state index contributed by atoms with van der Waals surface area (Å²) in [5, 5.41) is 3.36. The summed E-state index contributed by atoms with van der Waals surface area (Å²) >= 11 is 0. The van der Waals surface area contributed by atoms with Gasteiger partial charge in [-0.3, -0.25) is 4.79 Å². The zero-order valence-electron chi connectivity index (χ0n) is 9.24. The second-order valence-electron chi connectivity index (χ2n) is 5.33. The highest BCUT2D eigenvalue weighted by Crippen LogP contribution is 2.37. The maximum absolute atomic E-state index is 12.3. The lowest BCUT2D eigenvalue weighted by Crippen LogP contribution is -2.50. The first-order valence-corrected chi connectivity index (χ1v) is 6.38. The van der Waals surface area contributed by atoms with Crippen molar-refractivity contribution in [3.05, 3.63) is 0 Å². The molecule has 1 amide bonds. The largest absolute Gasteiger partial charge is 0.338 e. The van der Waals surface area contributed by atoms with Crippen molar-refractivity contribution in [3.8, 4) is 0 Å². The molecule has 0 aromatic heterocycles. The molecule has 84 valence electrons. The van der Waals surface area contributed by atoms with Crippen LogP contribution in [0.1, 0.15) is 38.5 Å². The van der Waals surface area contributed by atoms with Gasteiger partial charge in [0.25, 0.3) is 0 Å².